The van der Waals surface area contributed by atoms with Crippen LogP contribution in [-0.2, 0) is 4.79 Å². The van der Waals surface area contributed by atoms with E-state index < -0.39 is 0 Å². The van der Waals surface area contributed by atoms with Gasteiger partial charge in [0.1, 0.15) is 0 Å². The topological polar surface area (TPSA) is 20.3 Å². The van der Waals surface area contributed by atoms with Crippen LogP contribution in [0.15, 0.2) is 100 Å². The van der Waals surface area contributed by atoms with Crippen molar-refractivity contribution in [2.24, 2.45) is 5.92 Å². The summed E-state index contributed by atoms with van der Waals surface area (Å²) in [6, 6.07) is 0. The first-order valence-corrected chi connectivity index (χ1v) is 13.2. The lowest BCUT2D eigenvalue weighted by Crippen LogP contribution is -2.17. The monoisotopic (exact) mass is 481 g/mol. The Kier molecular flexibility index (Phi) is 35.4. The summed E-state index contributed by atoms with van der Waals surface area (Å²) in [6.45, 7) is 24.4. The van der Waals surface area contributed by atoms with E-state index in [4.69, 9.17) is 0 Å². The second-order valence-electron chi connectivity index (χ2n) is 8.32. The van der Waals surface area contributed by atoms with E-state index in [2.05, 4.69) is 69.9 Å². The Morgan fingerprint density at radius 3 is 1.74 bits per heavy atom. The molecule has 35 heavy (non-hydrogen) atoms. The zero-order chi connectivity index (χ0) is 27.0. The highest BCUT2D eigenvalue weighted by Crippen LogP contribution is 2.17. The van der Waals surface area contributed by atoms with Crippen LogP contribution in [-0.4, -0.2) is 24.4 Å². The first-order valence-electron chi connectivity index (χ1n) is 13.2. The fourth-order valence-electron chi connectivity index (χ4n) is 2.94. The Hall–Kier alpha value is -2.61. The van der Waals surface area contributed by atoms with Gasteiger partial charge in [-0.3, -0.25) is 4.79 Å². The second-order valence-corrected chi connectivity index (χ2v) is 8.32. The lowest BCUT2D eigenvalue weighted by Gasteiger charge is -2.11. The fourth-order valence-corrected chi connectivity index (χ4v) is 2.94. The third-order valence-electron chi connectivity index (χ3n) is 5.20. The molecule has 2 aliphatic rings. The molecule has 1 amide bonds. The van der Waals surface area contributed by atoms with Gasteiger partial charge in [0.05, 0.1) is 0 Å². The zero-order valence-corrected chi connectivity index (χ0v) is 23.1. The molecule has 1 fully saturated rings. The van der Waals surface area contributed by atoms with Crippen LogP contribution >= 0.6 is 0 Å². The molecule has 0 N–H and O–H groups in total. The molecule has 0 radical (unpaired) electrons. The Morgan fingerprint density at radius 2 is 1.46 bits per heavy atom. The van der Waals surface area contributed by atoms with Crippen LogP contribution in [0, 0.1) is 5.92 Å². The molecule has 1 unspecified atom stereocenters. The van der Waals surface area contributed by atoms with Crippen LogP contribution in [0.2, 0.25) is 0 Å². The molecule has 1 aliphatic carbocycles. The largest absolute Gasteiger partial charge is 0.346 e. The molecule has 0 aromatic rings. The average molecular weight is 482 g/mol. The SMILES string of the molecule is C=CC1CC=CCC1.C=CC=C.C=CCCCC=CC.C=CCCCCC=C.CN1CCCC1=O. The average Bonchev–Trinajstić information content (AvgIpc) is 3.28. The standard InChI is InChI=1S/C8H12.2C8H14.C5H9NO.C4H6/c1-2-8-6-4-3-5-7-8;2*1-3-5-7-8-6-4-2;1-6-4-2-3-5(6)7;1-3-4-2/h2-4,8H,1,5-7H2;3-4,6H,1,5,7-8H2,2H3;3-4H,1-2,5-8H2;2-4H2,1H3;3-4H,1-2H2. The van der Waals surface area contributed by atoms with E-state index in [0.29, 0.717) is 5.91 Å². The number of likely N-dealkylation sites (tertiary alicyclic amines) is 1. The quantitative estimate of drug-likeness (QED) is 0.163. The highest BCUT2D eigenvalue weighted by molar-refractivity contribution is 5.77. The normalized spacial score (nSPS) is 15.4. The molecular weight excluding hydrogens is 426 g/mol. The molecule has 0 saturated carbocycles. The molecule has 0 spiro atoms. The molecular formula is C33H55NO. The highest BCUT2D eigenvalue weighted by atomic mass is 16.2. The summed E-state index contributed by atoms with van der Waals surface area (Å²) >= 11 is 0. The minimum Gasteiger partial charge on any atom is -0.346 e. The molecule has 2 nitrogen and oxygen atoms in total. The van der Waals surface area contributed by atoms with Crippen molar-refractivity contribution in [2.45, 2.75) is 84.0 Å². The summed E-state index contributed by atoms with van der Waals surface area (Å²) < 4.78 is 0. The van der Waals surface area contributed by atoms with Crippen LogP contribution < -0.4 is 0 Å². The number of hydrogen-bond donors (Lipinski definition) is 0. The predicted octanol–water partition coefficient (Wildman–Crippen LogP) is 9.96. The highest BCUT2D eigenvalue weighted by Gasteiger charge is 2.14. The van der Waals surface area contributed by atoms with Gasteiger partial charge in [-0.05, 0) is 83.5 Å². The van der Waals surface area contributed by atoms with Crippen LogP contribution in [0.5, 0.6) is 0 Å². The first kappa shape index (κ1) is 36.9. The Balaban J connectivity index is -0.000000372. The maximum atomic E-state index is 10.5. The molecule has 0 bridgehead atoms. The van der Waals surface area contributed by atoms with E-state index >= 15 is 0 Å². The number of rotatable bonds is 11. The maximum Gasteiger partial charge on any atom is 0.222 e. The van der Waals surface area contributed by atoms with Gasteiger partial charge >= 0.3 is 0 Å². The molecule has 2 rings (SSSR count). The number of hydrogen-bond acceptors (Lipinski definition) is 1. The Morgan fingerprint density at radius 1 is 0.886 bits per heavy atom. The van der Waals surface area contributed by atoms with Gasteiger partial charge < -0.3 is 4.90 Å². The van der Waals surface area contributed by atoms with Gasteiger partial charge in [0.25, 0.3) is 0 Å². The Bertz CT molecular complexity index is 580. The van der Waals surface area contributed by atoms with E-state index in [1.54, 1.807) is 17.1 Å². The first-order chi connectivity index (χ1) is 17.0. The third-order valence-corrected chi connectivity index (χ3v) is 5.20. The van der Waals surface area contributed by atoms with E-state index in [1.165, 1.54) is 44.9 Å². The lowest BCUT2D eigenvalue weighted by molar-refractivity contribution is -0.126. The van der Waals surface area contributed by atoms with Gasteiger partial charge in [-0.25, -0.2) is 0 Å². The Labute approximate surface area is 219 Å². The van der Waals surface area contributed by atoms with Gasteiger partial charge in [0.15, 0.2) is 0 Å². The molecule has 0 aromatic carbocycles. The molecule has 2 heteroatoms. The van der Waals surface area contributed by atoms with Gasteiger partial charge in [-0.2, -0.15) is 0 Å². The summed E-state index contributed by atoms with van der Waals surface area (Å²) in [5, 5.41) is 0. The summed E-state index contributed by atoms with van der Waals surface area (Å²) in [6.07, 6.45) is 34.0. The summed E-state index contributed by atoms with van der Waals surface area (Å²) in [7, 11) is 1.84. The van der Waals surface area contributed by atoms with Gasteiger partial charge in [0, 0.05) is 20.0 Å². The van der Waals surface area contributed by atoms with Crippen LogP contribution in [0.25, 0.3) is 0 Å². The smallest absolute Gasteiger partial charge is 0.222 e. The van der Waals surface area contributed by atoms with Crippen molar-refractivity contribution < 1.29 is 4.79 Å². The minimum absolute atomic E-state index is 0.292. The van der Waals surface area contributed by atoms with Crippen molar-refractivity contribution in [1.82, 2.24) is 4.90 Å². The number of carbonyl (C=O) groups excluding carboxylic acids is 1. The maximum absolute atomic E-state index is 10.5. The predicted molar refractivity (Wildman–Crippen MR) is 162 cm³/mol. The van der Waals surface area contributed by atoms with E-state index in [1.807, 2.05) is 32.2 Å². The number of unbranched alkanes of at least 4 members (excludes halogenated alkanes) is 5. The number of carbonyl (C=O) groups is 1. The van der Waals surface area contributed by atoms with E-state index in [9.17, 15) is 4.79 Å². The van der Waals surface area contributed by atoms with Gasteiger partial charge in [-0.15, -0.1) is 26.3 Å². The second kappa shape index (κ2) is 33.6. The molecule has 1 aliphatic heterocycles. The number of allylic oxidation sites excluding steroid dienone is 10. The fraction of sp³-hybridized carbons (Fsp3) is 0.485. The number of amides is 1. The van der Waals surface area contributed by atoms with Crippen molar-refractivity contribution in [1.29, 1.82) is 0 Å². The summed E-state index contributed by atoms with van der Waals surface area (Å²) in [5.74, 6) is 1.06. The lowest BCUT2D eigenvalue weighted by atomic mass is 9.95. The molecule has 1 heterocycles. The van der Waals surface area contributed by atoms with E-state index in [0.717, 1.165) is 44.6 Å². The molecule has 1 saturated heterocycles. The summed E-state index contributed by atoms with van der Waals surface area (Å²) in [5.41, 5.74) is 0. The minimum atomic E-state index is 0.292. The van der Waals surface area contributed by atoms with Crippen molar-refractivity contribution in [3.8, 4) is 0 Å². The number of nitrogens with zero attached hydrogens (tertiary/aromatic N) is 1. The van der Waals surface area contributed by atoms with Crippen molar-refractivity contribution in [3.63, 3.8) is 0 Å². The summed E-state index contributed by atoms with van der Waals surface area (Å²) in [4.78, 5) is 12.3. The molecule has 0 aromatic heterocycles. The zero-order valence-electron chi connectivity index (χ0n) is 23.1. The van der Waals surface area contributed by atoms with Crippen molar-refractivity contribution >= 4 is 5.91 Å². The van der Waals surface area contributed by atoms with Crippen LogP contribution in [0.1, 0.15) is 84.0 Å². The van der Waals surface area contributed by atoms with Crippen LogP contribution in [0.4, 0.5) is 0 Å². The van der Waals surface area contributed by atoms with Gasteiger partial charge in [0.2, 0.25) is 5.91 Å². The molecule has 1 atom stereocenters. The van der Waals surface area contributed by atoms with E-state index in [-0.39, 0.29) is 0 Å². The van der Waals surface area contributed by atoms with Gasteiger partial charge in [-0.1, -0.05) is 73.9 Å². The van der Waals surface area contributed by atoms with Crippen LogP contribution in [0.3, 0.4) is 0 Å². The van der Waals surface area contributed by atoms with Crippen molar-refractivity contribution in [3.05, 3.63) is 100 Å². The van der Waals surface area contributed by atoms with Crippen molar-refractivity contribution in [2.75, 3.05) is 13.6 Å². The third kappa shape index (κ3) is 33.6. The molecule has 198 valence electrons.